The van der Waals surface area contributed by atoms with Crippen molar-refractivity contribution >= 4 is 16.0 Å². The number of carbonyl (C=O) groups excluding carboxylic acids is 1. The van der Waals surface area contributed by atoms with Crippen LogP contribution in [-0.2, 0) is 32.6 Å². The number of amides is 1. The van der Waals surface area contributed by atoms with Gasteiger partial charge in [-0.25, -0.2) is 4.39 Å². The van der Waals surface area contributed by atoms with Crippen molar-refractivity contribution in [2.75, 3.05) is 33.6 Å². The van der Waals surface area contributed by atoms with Crippen molar-refractivity contribution < 1.29 is 31.3 Å². The quantitative estimate of drug-likeness (QED) is 0.544. The van der Waals surface area contributed by atoms with Gasteiger partial charge in [-0.15, -0.1) is 0 Å². The number of rotatable bonds is 10. The van der Waals surface area contributed by atoms with Crippen molar-refractivity contribution in [2.24, 2.45) is 0 Å². The molecule has 2 aromatic carbocycles. The van der Waals surface area contributed by atoms with E-state index in [1.54, 1.807) is 29.2 Å². The van der Waals surface area contributed by atoms with Gasteiger partial charge in [0.1, 0.15) is 5.82 Å². The zero-order valence-corrected chi connectivity index (χ0v) is 17.4. The van der Waals surface area contributed by atoms with Gasteiger partial charge in [0.05, 0.1) is 26.4 Å². The lowest BCUT2D eigenvalue weighted by atomic mass is 10.1. The van der Waals surface area contributed by atoms with E-state index in [4.69, 9.17) is 13.7 Å². The zero-order chi connectivity index (χ0) is 21.4. The molecule has 0 spiro atoms. The number of benzene rings is 2. The van der Waals surface area contributed by atoms with E-state index < -0.39 is 10.1 Å². The van der Waals surface area contributed by atoms with Crippen molar-refractivity contribution in [3.8, 4) is 11.5 Å². The van der Waals surface area contributed by atoms with E-state index in [0.717, 1.165) is 6.26 Å². The molecule has 0 aliphatic carbocycles. The first-order valence-electron chi connectivity index (χ1n) is 8.79. The Morgan fingerprint density at radius 1 is 1.03 bits per heavy atom. The van der Waals surface area contributed by atoms with Gasteiger partial charge in [0, 0.05) is 20.2 Å². The van der Waals surface area contributed by atoms with Crippen LogP contribution in [0.2, 0.25) is 0 Å². The summed E-state index contributed by atoms with van der Waals surface area (Å²) in [5, 5.41) is 0. The van der Waals surface area contributed by atoms with Gasteiger partial charge in [-0.3, -0.25) is 4.79 Å². The minimum absolute atomic E-state index is 0.0465. The van der Waals surface area contributed by atoms with Crippen LogP contribution in [0.4, 0.5) is 4.39 Å². The first kappa shape index (κ1) is 22.6. The minimum atomic E-state index is -3.74. The number of methoxy groups -OCH3 is 2. The second-order valence-electron chi connectivity index (χ2n) is 6.38. The Morgan fingerprint density at radius 3 is 2.28 bits per heavy atom. The molecule has 0 aromatic heterocycles. The molecule has 0 saturated heterocycles. The van der Waals surface area contributed by atoms with Gasteiger partial charge in [0.2, 0.25) is 5.91 Å². The van der Waals surface area contributed by atoms with Crippen LogP contribution in [0.3, 0.4) is 0 Å². The van der Waals surface area contributed by atoms with Crippen molar-refractivity contribution in [3.05, 3.63) is 59.4 Å². The maximum absolute atomic E-state index is 13.1. The average molecular weight is 425 g/mol. The van der Waals surface area contributed by atoms with Gasteiger partial charge < -0.3 is 18.6 Å². The van der Waals surface area contributed by atoms with Crippen LogP contribution >= 0.6 is 0 Å². The summed E-state index contributed by atoms with van der Waals surface area (Å²) >= 11 is 0. The molecule has 0 fully saturated rings. The second-order valence-corrected chi connectivity index (χ2v) is 7.96. The lowest BCUT2D eigenvalue weighted by molar-refractivity contribution is -0.131. The van der Waals surface area contributed by atoms with Gasteiger partial charge >= 0.3 is 10.1 Å². The predicted molar refractivity (Wildman–Crippen MR) is 106 cm³/mol. The van der Waals surface area contributed by atoms with Crippen molar-refractivity contribution in [1.82, 2.24) is 4.90 Å². The summed E-state index contributed by atoms with van der Waals surface area (Å²) in [5.74, 6) is -0.227. The lowest BCUT2D eigenvalue weighted by Crippen LogP contribution is -2.34. The van der Waals surface area contributed by atoms with Gasteiger partial charge in [0.15, 0.2) is 11.5 Å². The summed E-state index contributed by atoms with van der Waals surface area (Å²) in [6.07, 6.45) is 1.04. The molecule has 29 heavy (non-hydrogen) atoms. The summed E-state index contributed by atoms with van der Waals surface area (Å²) < 4.78 is 51.3. The highest BCUT2D eigenvalue weighted by Crippen LogP contribution is 2.29. The Kier molecular flexibility index (Phi) is 7.98. The van der Waals surface area contributed by atoms with Crippen LogP contribution in [-0.4, -0.2) is 52.9 Å². The Bertz CT molecular complexity index is 930. The fraction of sp³-hybridized carbons (Fsp3) is 0.350. The number of ether oxygens (including phenoxy) is 2. The topological polar surface area (TPSA) is 82.1 Å². The number of hydrogen-bond acceptors (Lipinski definition) is 6. The SMILES string of the molecule is COCCN(Cc1ccc(OC)c(OS(C)(=O)=O)c1)C(=O)Cc1ccc(F)cc1. The Labute approximate surface area is 170 Å². The zero-order valence-electron chi connectivity index (χ0n) is 16.6. The van der Waals surface area contributed by atoms with E-state index in [-0.39, 0.29) is 36.2 Å². The molecule has 9 heteroatoms. The van der Waals surface area contributed by atoms with Crippen LogP contribution in [0, 0.1) is 5.82 Å². The molecule has 0 radical (unpaired) electrons. The molecular formula is C20H24FNO6S. The fourth-order valence-electron chi connectivity index (χ4n) is 2.65. The Balaban J connectivity index is 2.21. The van der Waals surface area contributed by atoms with E-state index >= 15 is 0 Å². The summed E-state index contributed by atoms with van der Waals surface area (Å²) in [7, 11) is -0.801. The lowest BCUT2D eigenvalue weighted by Gasteiger charge is -2.23. The van der Waals surface area contributed by atoms with Crippen LogP contribution < -0.4 is 8.92 Å². The van der Waals surface area contributed by atoms with Gasteiger partial charge in [-0.05, 0) is 35.4 Å². The molecular weight excluding hydrogens is 401 g/mol. The molecule has 1 amide bonds. The maximum atomic E-state index is 13.1. The van der Waals surface area contributed by atoms with Crippen LogP contribution in [0.5, 0.6) is 11.5 Å². The molecule has 7 nitrogen and oxygen atoms in total. The van der Waals surface area contributed by atoms with E-state index in [2.05, 4.69) is 0 Å². The van der Waals surface area contributed by atoms with Gasteiger partial charge in [-0.2, -0.15) is 8.42 Å². The Hall–Kier alpha value is -2.65. The number of hydrogen-bond donors (Lipinski definition) is 0. The Morgan fingerprint density at radius 2 is 1.69 bits per heavy atom. The molecule has 0 heterocycles. The van der Waals surface area contributed by atoms with E-state index in [0.29, 0.717) is 24.3 Å². The average Bonchev–Trinajstić information content (AvgIpc) is 2.65. The fourth-order valence-corrected chi connectivity index (χ4v) is 3.11. The molecule has 0 N–H and O–H groups in total. The van der Waals surface area contributed by atoms with Crippen LogP contribution in [0.15, 0.2) is 42.5 Å². The summed E-state index contributed by atoms with van der Waals surface area (Å²) in [6, 6.07) is 10.6. The molecule has 0 saturated carbocycles. The number of carbonyl (C=O) groups is 1. The van der Waals surface area contributed by atoms with E-state index in [1.807, 2.05) is 0 Å². The molecule has 0 aliphatic rings. The van der Waals surface area contributed by atoms with Crippen molar-refractivity contribution in [2.45, 2.75) is 13.0 Å². The second kappa shape index (κ2) is 10.2. The maximum Gasteiger partial charge on any atom is 0.306 e. The van der Waals surface area contributed by atoms with Gasteiger partial charge in [0.25, 0.3) is 0 Å². The normalized spacial score (nSPS) is 11.2. The smallest absolute Gasteiger partial charge is 0.306 e. The highest BCUT2D eigenvalue weighted by Gasteiger charge is 2.17. The first-order valence-corrected chi connectivity index (χ1v) is 10.6. The third kappa shape index (κ3) is 7.35. The molecule has 2 rings (SSSR count). The monoisotopic (exact) mass is 425 g/mol. The predicted octanol–water partition coefficient (Wildman–Crippen LogP) is 2.39. The highest BCUT2D eigenvalue weighted by atomic mass is 32.2. The molecule has 2 aromatic rings. The highest BCUT2D eigenvalue weighted by molar-refractivity contribution is 7.86. The summed E-state index contributed by atoms with van der Waals surface area (Å²) in [4.78, 5) is 14.4. The van der Waals surface area contributed by atoms with Crippen molar-refractivity contribution in [3.63, 3.8) is 0 Å². The van der Waals surface area contributed by atoms with E-state index in [9.17, 15) is 17.6 Å². The minimum Gasteiger partial charge on any atom is -0.493 e. The summed E-state index contributed by atoms with van der Waals surface area (Å²) in [6.45, 7) is 0.885. The molecule has 0 unspecified atom stereocenters. The standard InChI is InChI=1S/C20H24FNO6S/c1-26-11-10-22(20(23)13-15-4-7-17(21)8-5-15)14-16-6-9-18(27-2)19(12-16)28-29(3,24)25/h4-9,12H,10-11,13-14H2,1-3H3. The van der Waals surface area contributed by atoms with Crippen LogP contribution in [0.25, 0.3) is 0 Å². The largest absolute Gasteiger partial charge is 0.493 e. The number of nitrogens with zero attached hydrogens (tertiary/aromatic N) is 1. The molecule has 0 atom stereocenters. The molecule has 158 valence electrons. The van der Waals surface area contributed by atoms with Gasteiger partial charge in [-0.1, -0.05) is 18.2 Å². The molecule has 0 bridgehead atoms. The van der Waals surface area contributed by atoms with Crippen LogP contribution in [0.1, 0.15) is 11.1 Å². The third-order valence-electron chi connectivity index (χ3n) is 4.03. The number of halogens is 1. The third-order valence-corrected chi connectivity index (χ3v) is 4.51. The van der Waals surface area contributed by atoms with E-state index in [1.165, 1.54) is 32.4 Å². The first-order chi connectivity index (χ1) is 13.7. The molecule has 0 aliphatic heterocycles. The van der Waals surface area contributed by atoms with Crippen molar-refractivity contribution in [1.29, 1.82) is 0 Å². The summed E-state index contributed by atoms with van der Waals surface area (Å²) in [5.41, 5.74) is 1.35.